The van der Waals surface area contributed by atoms with Crippen LogP contribution in [0.5, 0.6) is 11.5 Å². The van der Waals surface area contributed by atoms with Gasteiger partial charge in [0.15, 0.2) is 0 Å². The van der Waals surface area contributed by atoms with Crippen LogP contribution in [0.4, 0.5) is 0 Å². The third-order valence-electron chi connectivity index (χ3n) is 7.20. The van der Waals surface area contributed by atoms with Crippen LogP contribution in [0, 0.1) is 13.8 Å². The van der Waals surface area contributed by atoms with Crippen LogP contribution in [0.25, 0.3) is 17.2 Å². The van der Waals surface area contributed by atoms with E-state index in [0.29, 0.717) is 35.8 Å². The van der Waals surface area contributed by atoms with Gasteiger partial charge >= 0.3 is 0 Å². The highest BCUT2D eigenvalue weighted by Crippen LogP contribution is 2.32. The van der Waals surface area contributed by atoms with Gasteiger partial charge in [0.2, 0.25) is 0 Å². The van der Waals surface area contributed by atoms with E-state index in [2.05, 4.69) is 32.2 Å². The average molecular weight is 561 g/mol. The number of nitrogens with zero attached hydrogens (tertiary/aromatic N) is 2. The molecule has 0 radical (unpaired) electrons. The number of carbonyl (C=O) groups is 1. The molecule has 1 aliphatic heterocycles. The number of methoxy groups -OCH3 is 2. The van der Waals surface area contributed by atoms with Crippen molar-refractivity contribution in [3.05, 3.63) is 86.6 Å². The molecule has 4 rings (SSSR count). The Kier molecular flexibility index (Phi) is 9.73. The minimum atomic E-state index is -0.245. The highest BCUT2D eigenvalue weighted by atomic mass is 16.5. The van der Waals surface area contributed by atoms with Crippen molar-refractivity contribution in [2.75, 3.05) is 45.5 Å². The third-order valence-corrected chi connectivity index (χ3v) is 7.20. The molecule has 2 N–H and O–H groups in total. The lowest BCUT2D eigenvalue weighted by molar-refractivity contribution is -0.117. The fraction of sp³-hybridized carbons (Fsp3) is 0.375. The van der Waals surface area contributed by atoms with Gasteiger partial charge in [-0.15, -0.1) is 0 Å². The highest BCUT2D eigenvalue weighted by molar-refractivity contribution is 6.02. The molecule has 3 aromatic rings. The molecule has 3 heterocycles. The van der Waals surface area contributed by atoms with E-state index in [4.69, 9.17) is 14.2 Å². The number of pyridine rings is 1. The second-order valence-corrected chi connectivity index (χ2v) is 10.1. The van der Waals surface area contributed by atoms with Gasteiger partial charge in [0.25, 0.3) is 11.5 Å². The number of hydrogen-bond donors (Lipinski definition) is 2. The van der Waals surface area contributed by atoms with Crippen molar-refractivity contribution < 1.29 is 19.0 Å². The van der Waals surface area contributed by atoms with Crippen molar-refractivity contribution in [1.29, 1.82) is 0 Å². The van der Waals surface area contributed by atoms with Crippen LogP contribution in [0.3, 0.4) is 0 Å². The Morgan fingerprint density at radius 3 is 2.34 bits per heavy atom. The van der Waals surface area contributed by atoms with Crippen molar-refractivity contribution >= 4 is 12.0 Å². The molecule has 9 heteroatoms. The molecule has 1 saturated heterocycles. The molecule has 0 aliphatic carbocycles. The van der Waals surface area contributed by atoms with E-state index in [1.54, 1.807) is 14.2 Å². The van der Waals surface area contributed by atoms with Crippen LogP contribution < -0.4 is 25.4 Å². The first-order valence-corrected chi connectivity index (χ1v) is 13.9. The fourth-order valence-electron chi connectivity index (χ4n) is 5.01. The van der Waals surface area contributed by atoms with Crippen LogP contribution in [0.15, 0.2) is 58.5 Å². The molecule has 0 unspecified atom stereocenters. The molecule has 2 aromatic heterocycles. The normalized spacial score (nSPS) is 14.2. The Morgan fingerprint density at radius 1 is 1.05 bits per heavy atom. The van der Waals surface area contributed by atoms with Gasteiger partial charge in [-0.05, 0) is 74.2 Å². The molecule has 0 spiro atoms. The molecule has 41 heavy (non-hydrogen) atoms. The Morgan fingerprint density at radius 2 is 1.73 bits per heavy atom. The van der Waals surface area contributed by atoms with Gasteiger partial charge in [-0.3, -0.25) is 14.3 Å². The number of nitrogens with one attached hydrogen (secondary N) is 2. The predicted molar refractivity (Wildman–Crippen MR) is 162 cm³/mol. The van der Waals surface area contributed by atoms with Crippen molar-refractivity contribution in [1.82, 2.24) is 15.0 Å². The van der Waals surface area contributed by atoms with Crippen molar-refractivity contribution in [3.8, 4) is 22.6 Å². The van der Waals surface area contributed by atoms with Gasteiger partial charge in [0, 0.05) is 41.2 Å². The van der Waals surface area contributed by atoms with Gasteiger partial charge in [0.1, 0.15) is 11.5 Å². The van der Waals surface area contributed by atoms with Crippen LogP contribution in [-0.4, -0.2) is 56.1 Å². The van der Waals surface area contributed by atoms with Crippen LogP contribution in [0.1, 0.15) is 42.8 Å². The lowest BCUT2D eigenvalue weighted by Crippen LogP contribution is -2.44. The topological polar surface area (TPSA) is 97.8 Å². The van der Waals surface area contributed by atoms with Gasteiger partial charge in [0.05, 0.1) is 46.2 Å². The Balaban J connectivity index is 1.76. The van der Waals surface area contributed by atoms with E-state index in [0.717, 1.165) is 53.2 Å². The summed E-state index contributed by atoms with van der Waals surface area (Å²) < 4.78 is 18.7. The molecule has 0 bridgehead atoms. The standard InChI is InChI=1S/C32H40N4O5/c1-7-8-21(2)29(31(37)33-19-30-22(3)13-23(4)34-32(30)38)17-26-14-25(20-36(26)35-9-11-41-12-10-35)24-15-27(39-5)18-28(16-24)40-6/h8,13-18,20H,7,9-12,19H2,1-6H3,(H,33,37)(H,34,38)/b21-8+,29-17+. The second kappa shape index (κ2) is 13.4. The van der Waals surface area contributed by atoms with E-state index >= 15 is 0 Å². The Bertz CT molecular complexity index is 1490. The summed E-state index contributed by atoms with van der Waals surface area (Å²) in [5, 5.41) is 5.19. The SMILES string of the molecule is CC/C=C(C)/C(=C\c1cc(-c2cc(OC)cc(OC)c2)cn1N1CCOCC1)C(=O)NCc1c(C)cc(C)[nH]c1=O. The summed E-state index contributed by atoms with van der Waals surface area (Å²) in [5.41, 5.74) is 6.13. The number of allylic oxidation sites excluding steroid dienone is 1. The summed E-state index contributed by atoms with van der Waals surface area (Å²) in [4.78, 5) is 29.0. The van der Waals surface area contributed by atoms with Gasteiger partial charge < -0.3 is 29.5 Å². The number of rotatable bonds is 10. The minimum absolute atomic E-state index is 0.135. The monoisotopic (exact) mass is 560 g/mol. The smallest absolute Gasteiger partial charge is 0.253 e. The molecular weight excluding hydrogens is 520 g/mol. The van der Waals surface area contributed by atoms with Crippen molar-refractivity contribution in [2.24, 2.45) is 0 Å². The van der Waals surface area contributed by atoms with E-state index < -0.39 is 0 Å². The number of aromatic amines is 1. The first kappa shape index (κ1) is 29.7. The molecule has 0 saturated carbocycles. The number of ether oxygens (including phenoxy) is 3. The summed E-state index contributed by atoms with van der Waals surface area (Å²) in [5.74, 6) is 1.14. The second-order valence-electron chi connectivity index (χ2n) is 10.1. The van der Waals surface area contributed by atoms with E-state index in [1.807, 2.05) is 64.1 Å². The summed E-state index contributed by atoms with van der Waals surface area (Å²) in [6, 6.07) is 9.74. The first-order chi connectivity index (χ1) is 19.7. The number of H-pyrrole nitrogens is 1. The largest absolute Gasteiger partial charge is 0.497 e. The Labute approximate surface area is 241 Å². The zero-order valence-corrected chi connectivity index (χ0v) is 24.8. The molecule has 1 amide bonds. The minimum Gasteiger partial charge on any atom is -0.497 e. The number of benzene rings is 1. The number of aryl methyl sites for hydroxylation is 2. The summed E-state index contributed by atoms with van der Waals surface area (Å²) in [6.45, 7) is 10.5. The lowest BCUT2D eigenvalue weighted by Gasteiger charge is -2.31. The van der Waals surface area contributed by atoms with Crippen molar-refractivity contribution in [2.45, 2.75) is 40.7 Å². The number of aromatic nitrogens is 2. The van der Waals surface area contributed by atoms with Gasteiger partial charge in [-0.2, -0.15) is 0 Å². The number of carbonyl (C=O) groups excluding carboxylic acids is 1. The quantitative estimate of drug-likeness (QED) is 0.280. The predicted octanol–water partition coefficient (Wildman–Crippen LogP) is 4.50. The van der Waals surface area contributed by atoms with Gasteiger partial charge in [-0.1, -0.05) is 13.0 Å². The number of hydrogen-bond acceptors (Lipinski definition) is 6. The molecule has 1 aromatic carbocycles. The lowest BCUT2D eigenvalue weighted by atomic mass is 10.0. The summed E-state index contributed by atoms with van der Waals surface area (Å²) >= 11 is 0. The van der Waals surface area contributed by atoms with Crippen LogP contribution in [-0.2, 0) is 16.1 Å². The van der Waals surface area contributed by atoms with E-state index in [9.17, 15) is 9.59 Å². The first-order valence-electron chi connectivity index (χ1n) is 13.9. The highest BCUT2D eigenvalue weighted by Gasteiger charge is 2.19. The zero-order chi connectivity index (χ0) is 29.5. The molecule has 218 valence electrons. The number of amides is 1. The average Bonchev–Trinajstić information content (AvgIpc) is 3.39. The molecular formula is C32H40N4O5. The van der Waals surface area contributed by atoms with Crippen LogP contribution >= 0.6 is 0 Å². The molecule has 9 nitrogen and oxygen atoms in total. The van der Waals surface area contributed by atoms with Gasteiger partial charge in [-0.25, -0.2) is 0 Å². The maximum atomic E-state index is 13.6. The van der Waals surface area contributed by atoms with E-state index in [1.165, 1.54) is 0 Å². The van der Waals surface area contributed by atoms with Crippen molar-refractivity contribution in [3.63, 3.8) is 0 Å². The summed E-state index contributed by atoms with van der Waals surface area (Å²) in [6.07, 6.45) is 6.80. The molecule has 1 aliphatic rings. The summed E-state index contributed by atoms with van der Waals surface area (Å²) in [7, 11) is 3.26. The zero-order valence-electron chi connectivity index (χ0n) is 24.8. The maximum absolute atomic E-state index is 13.6. The molecule has 0 atom stereocenters. The fourth-order valence-corrected chi connectivity index (χ4v) is 5.01. The Hall–Kier alpha value is -4.24. The maximum Gasteiger partial charge on any atom is 0.253 e. The molecule has 1 fully saturated rings. The number of morpholine rings is 1. The van der Waals surface area contributed by atoms with Crippen LogP contribution in [0.2, 0.25) is 0 Å². The third kappa shape index (κ3) is 7.10. The van der Waals surface area contributed by atoms with E-state index in [-0.39, 0.29) is 18.0 Å².